The first-order valence-electron chi connectivity index (χ1n) is 6.61. The molecule has 1 atom stereocenters. The van der Waals surface area contributed by atoms with Gasteiger partial charge in [-0.1, -0.05) is 40.0 Å². The van der Waals surface area contributed by atoms with Gasteiger partial charge in [0.05, 0.1) is 0 Å². The quantitative estimate of drug-likeness (QED) is 0.798. The molecule has 0 heterocycles. The lowest BCUT2D eigenvalue weighted by Crippen LogP contribution is -2.31. The molecule has 0 bridgehead atoms. The van der Waals surface area contributed by atoms with Crippen molar-refractivity contribution in [2.24, 2.45) is 11.3 Å². The molecule has 0 aromatic carbocycles. The third-order valence-corrected chi connectivity index (χ3v) is 3.55. The number of carbonyl (C=O) groups is 1. The summed E-state index contributed by atoms with van der Waals surface area (Å²) >= 11 is 0. The molecule has 1 N–H and O–H groups in total. The fourth-order valence-corrected chi connectivity index (χ4v) is 2.36. The molecule has 1 aliphatic rings. The monoisotopic (exact) mass is 226 g/mol. The van der Waals surface area contributed by atoms with E-state index in [1.807, 2.05) is 0 Å². The number of aliphatic hydroxyl groups excluding tert-OH is 1. The minimum absolute atomic E-state index is 0.0572. The van der Waals surface area contributed by atoms with Crippen molar-refractivity contribution < 1.29 is 9.90 Å². The second-order valence-electron chi connectivity index (χ2n) is 6.37. The van der Waals surface area contributed by atoms with E-state index >= 15 is 0 Å². The maximum atomic E-state index is 11.8. The smallest absolute Gasteiger partial charge is 0.161 e. The molecule has 1 rings (SSSR count). The first-order chi connectivity index (χ1) is 7.40. The van der Waals surface area contributed by atoms with E-state index in [4.69, 9.17) is 0 Å². The fraction of sp³-hybridized carbons (Fsp3) is 0.929. The predicted octanol–water partition coefficient (Wildman–Crippen LogP) is 3.32. The Balaban J connectivity index is 2.34. The van der Waals surface area contributed by atoms with Crippen LogP contribution in [0.1, 0.15) is 65.7 Å². The number of carbonyl (C=O) groups excluding carboxylic acids is 1. The van der Waals surface area contributed by atoms with E-state index in [0.29, 0.717) is 6.42 Å². The molecule has 0 amide bonds. The van der Waals surface area contributed by atoms with Crippen molar-refractivity contribution in [1.82, 2.24) is 0 Å². The highest BCUT2D eigenvalue weighted by Gasteiger charge is 2.27. The van der Waals surface area contributed by atoms with Gasteiger partial charge in [0.25, 0.3) is 0 Å². The summed E-state index contributed by atoms with van der Waals surface area (Å²) in [6.45, 7) is 6.40. The largest absolute Gasteiger partial charge is 0.385 e. The van der Waals surface area contributed by atoms with Crippen LogP contribution >= 0.6 is 0 Å². The molecule has 2 nitrogen and oxygen atoms in total. The molecule has 0 spiro atoms. The van der Waals surface area contributed by atoms with Crippen molar-refractivity contribution in [2.45, 2.75) is 71.8 Å². The van der Waals surface area contributed by atoms with Gasteiger partial charge in [-0.15, -0.1) is 0 Å². The normalized spacial score (nSPS) is 20.8. The Kier molecular flexibility index (Phi) is 4.97. The highest BCUT2D eigenvalue weighted by atomic mass is 16.3. The Bertz CT molecular complexity index is 221. The van der Waals surface area contributed by atoms with Gasteiger partial charge < -0.3 is 5.11 Å². The molecule has 1 fully saturated rings. The zero-order chi connectivity index (χ0) is 12.2. The van der Waals surface area contributed by atoms with Gasteiger partial charge in [-0.3, -0.25) is 4.79 Å². The van der Waals surface area contributed by atoms with Gasteiger partial charge in [-0.25, -0.2) is 0 Å². The van der Waals surface area contributed by atoms with Crippen molar-refractivity contribution in [3.8, 4) is 0 Å². The molecule has 0 saturated heterocycles. The zero-order valence-electron chi connectivity index (χ0n) is 11.0. The van der Waals surface area contributed by atoms with E-state index in [1.165, 1.54) is 19.3 Å². The van der Waals surface area contributed by atoms with Crippen molar-refractivity contribution in [2.75, 3.05) is 0 Å². The average molecular weight is 226 g/mol. The van der Waals surface area contributed by atoms with Crippen molar-refractivity contribution in [3.05, 3.63) is 0 Å². The number of hydrogen-bond donors (Lipinski definition) is 1. The summed E-state index contributed by atoms with van der Waals surface area (Å²) in [6, 6.07) is 0. The molecule has 16 heavy (non-hydrogen) atoms. The van der Waals surface area contributed by atoms with Crippen LogP contribution in [0, 0.1) is 11.3 Å². The van der Waals surface area contributed by atoms with Gasteiger partial charge in [0.15, 0.2) is 5.78 Å². The lowest BCUT2D eigenvalue weighted by molar-refractivity contribution is -0.131. The number of Topliss-reactive ketones (excluding diaryl/α,β-unsaturated/α-hetero) is 1. The standard InChI is InChI=1S/C14H26O2/c1-14(2,3)10-9-12(15)13(16)11-7-5-4-6-8-11/h11,13,16H,4-10H2,1-3H3. The summed E-state index contributed by atoms with van der Waals surface area (Å²) < 4.78 is 0. The van der Waals surface area contributed by atoms with Gasteiger partial charge in [-0.2, -0.15) is 0 Å². The van der Waals surface area contributed by atoms with Crippen LogP contribution in [-0.4, -0.2) is 17.0 Å². The van der Waals surface area contributed by atoms with Gasteiger partial charge in [0.2, 0.25) is 0 Å². The van der Waals surface area contributed by atoms with Crippen LogP contribution in [0.5, 0.6) is 0 Å². The molecular weight excluding hydrogens is 200 g/mol. The lowest BCUT2D eigenvalue weighted by Gasteiger charge is -2.26. The lowest BCUT2D eigenvalue weighted by atomic mass is 9.81. The summed E-state index contributed by atoms with van der Waals surface area (Å²) in [5.74, 6) is 0.294. The second-order valence-corrected chi connectivity index (χ2v) is 6.37. The van der Waals surface area contributed by atoms with Crippen molar-refractivity contribution in [3.63, 3.8) is 0 Å². The van der Waals surface area contributed by atoms with Gasteiger partial charge in [0, 0.05) is 6.42 Å². The van der Waals surface area contributed by atoms with Crippen molar-refractivity contribution >= 4 is 5.78 Å². The van der Waals surface area contributed by atoms with Crippen LogP contribution < -0.4 is 0 Å². The van der Waals surface area contributed by atoms with E-state index in [2.05, 4.69) is 20.8 Å². The maximum absolute atomic E-state index is 11.8. The SMILES string of the molecule is CC(C)(C)CCC(=O)C(O)C1CCCCC1. The molecule has 1 saturated carbocycles. The minimum Gasteiger partial charge on any atom is -0.385 e. The first kappa shape index (κ1) is 13.7. The third kappa shape index (κ3) is 4.65. The molecule has 1 unspecified atom stereocenters. The van der Waals surface area contributed by atoms with Crippen LogP contribution in [0.25, 0.3) is 0 Å². The molecule has 1 aliphatic carbocycles. The molecule has 0 aromatic rings. The topological polar surface area (TPSA) is 37.3 Å². The fourth-order valence-electron chi connectivity index (χ4n) is 2.36. The van der Waals surface area contributed by atoms with Gasteiger partial charge in [-0.05, 0) is 30.6 Å². The third-order valence-electron chi connectivity index (χ3n) is 3.55. The van der Waals surface area contributed by atoms with Crippen LogP contribution in [-0.2, 0) is 4.79 Å². The Morgan fingerprint density at radius 3 is 2.31 bits per heavy atom. The molecule has 94 valence electrons. The van der Waals surface area contributed by atoms with E-state index in [0.717, 1.165) is 19.3 Å². The highest BCUT2D eigenvalue weighted by Crippen LogP contribution is 2.28. The molecule has 0 aromatic heterocycles. The first-order valence-corrected chi connectivity index (χ1v) is 6.61. The van der Waals surface area contributed by atoms with Crippen molar-refractivity contribution in [1.29, 1.82) is 0 Å². The maximum Gasteiger partial charge on any atom is 0.161 e. The van der Waals surface area contributed by atoms with E-state index in [9.17, 15) is 9.90 Å². The number of ketones is 1. The summed E-state index contributed by atoms with van der Waals surface area (Å²) in [6.07, 6.45) is 6.38. The zero-order valence-corrected chi connectivity index (χ0v) is 11.0. The molecule has 2 heteroatoms. The number of hydrogen-bond acceptors (Lipinski definition) is 2. The van der Waals surface area contributed by atoms with Crippen LogP contribution in [0.3, 0.4) is 0 Å². The Morgan fingerprint density at radius 2 is 1.81 bits per heavy atom. The average Bonchev–Trinajstić information content (AvgIpc) is 2.25. The van der Waals surface area contributed by atoms with E-state index in [1.54, 1.807) is 0 Å². The Hall–Kier alpha value is -0.370. The van der Waals surface area contributed by atoms with E-state index < -0.39 is 6.10 Å². The van der Waals surface area contributed by atoms with Crippen LogP contribution in [0.4, 0.5) is 0 Å². The summed E-state index contributed by atoms with van der Waals surface area (Å²) in [7, 11) is 0. The molecular formula is C14H26O2. The highest BCUT2D eigenvalue weighted by molar-refractivity contribution is 5.83. The molecule has 0 aliphatic heterocycles. The minimum atomic E-state index is -0.692. The Labute approximate surface area is 99.4 Å². The summed E-state index contributed by atoms with van der Waals surface area (Å²) in [5.41, 5.74) is 0.182. The summed E-state index contributed by atoms with van der Waals surface area (Å²) in [4.78, 5) is 11.8. The molecule has 0 radical (unpaired) electrons. The number of rotatable bonds is 4. The van der Waals surface area contributed by atoms with Crippen LogP contribution in [0.2, 0.25) is 0 Å². The van der Waals surface area contributed by atoms with Gasteiger partial charge >= 0.3 is 0 Å². The Morgan fingerprint density at radius 1 is 1.25 bits per heavy atom. The van der Waals surface area contributed by atoms with E-state index in [-0.39, 0.29) is 17.1 Å². The predicted molar refractivity (Wildman–Crippen MR) is 66.3 cm³/mol. The summed E-state index contributed by atoms with van der Waals surface area (Å²) in [5, 5.41) is 9.99. The second kappa shape index (κ2) is 5.81. The van der Waals surface area contributed by atoms with Crippen LogP contribution in [0.15, 0.2) is 0 Å². The van der Waals surface area contributed by atoms with Gasteiger partial charge in [0.1, 0.15) is 6.10 Å². The number of aliphatic hydroxyl groups is 1.